The van der Waals surface area contributed by atoms with E-state index in [1.807, 2.05) is 30.3 Å². The largest absolute Gasteiger partial charge is 0.303 e. The highest BCUT2D eigenvalue weighted by atomic mass is 15.9. The molecule has 1 unspecified atom stereocenters. The number of rotatable bonds is 1. The van der Waals surface area contributed by atoms with Crippen LogP contribution in [0.1, 0.15) is 5.56 Å². The molecule has 0 aliphatic carbocycles. The van der Waals surface area contributed by atoms with Crippen LogP contribution in [0.3, 0.4) is 0 Å². The van der Waals surface area contributed by atoms with Crippen molar-refractivity contribution in [2.24, 2.45) is 21.4 Å². The first kappa shape index (κ1) is 8.03. The number of nitrogens with two attached hydrogens (primary N) is 1. The standard InChI is InChI=1S/C8H10N5/c1-13(9)8(10-11-12-13)7-5-3-2-4-6-7/h2-6H,9H2,1H3/q+1. The fourth-order valence-electron chi connectivity index (χ4n) is 1.18. The zero-order chi connectivity index (χ0) is 9.31. The predicted octanol–water partition coefficient (Wildman–Crippen LogP) is 1.05. The van der Waals surface area contributed by atoms with E-state index < -0.39 is 0 Å². The lowest BCUT2D eigenvalue weighted by molar-refractivity contribution is -0.840. The van der Waals surface area contributed by atoms with Gasteiger partial charge in [0.1, 0.15) is 7.05 Å². The molecular formula is C8H10N5+. The summed E-state index contributed by atoms with van der Waals surface area (Å²) in [7, 11) is 1.72. The lowest BCUT2D eigenvalue weighted by Crippen LogP contribution is -2.49. The van der Waals surface area contributed by atoms with Gasteiger partial charge in [-0.2, -0.15) is 0 Å². The summed E-state index contributed by atoms with van der Waals surface area (Å²) in [6, 6.07) is 9.65. The van der Waals surface area contributed by atoms with Gasteiger partial charge in [0.05, 0.1) is 10.8 Å². The molecule has 0 fully saturated rings. The van der Waals surface area contributed by atoms with Crippen molar-refractivity contribution in [2.45, 2.75) is 0 Å². The Bertz CT molecular complexity index is 365. The SMILES string of the molecule is C[N+]1(N)N=NN=C1c1ccccc1. The van der Waals surface area contributed by atoms with Crippen molar-refractivity contribution < 1.29 is 4.70 Å². The van der Waals surface area contributed by atoms with Crippen molar-refractivity contribution in [3.05, 3.63) is 35.9 Å². The molecule has 1 aromatic rings. The van der Waals surface area contributed by atoms with E-state index in [0.717, 1.165) is 5.56 Å². The second-order valence-corrected chi connectivity index (χ2v) is 2.99. The molecule has 0 saturated carbocycles. The highest BCUT2D eigenvalue weighted by Crippen LogP contribution is 2.14. The smallest absolute Gasteiger partial charge is 0.146 e. The molecule has 13 heavy (non-hydrogen) atoms. The predicted molar refractivity (Wildman–Crippen MR) is 48.2 cm³/mol. The van der Waals surface area contributed by atoms with Gasteiger partial charge in [0.15, 0.2) is 0 Å². The van der Waals surface area contributed by atoms with Crippen LogP contribution in [0.15, 0.2) is 45.9 Å². The van der Waals surface area contributed by atoms with E-state index in [1.54, 1.807) is 7.05 Å². The summed E-state index contributed by atoms with van der Waals surface area (Å²) in [6.07, 6.45) is 0. The van der Waals surface area contributed by atoms with Crippen molar-refractivity contribution in [1.29, 1.82) is 0 Å². The van der Waals surface area contributed by atoms with E-state index >= 15 is 0 Å². The molecule has 5 heteroatoms. The van der Waals surface area contributed by atoms with Gasteiger partial charge < -0.3 is 0 Å². The van der Waals surface area contributed by atoms with E-state index in [9.17, 15) is 0 Å². The fourth-order valence-corrected chi connectivity index (χ4v) is 1.18. The van der Waals surface area contributed by atoms with Gasteiger partial charge in [0, 0.05) is 5.22 Å². The molecule has 0 radical (unpaired) electrons. The normalized spacial score (nSPS) is 26.2. The first-order chi connectivity index (χ1) is 6.20. The number of hydrogen-bond acceptors (Lipinski definition) is 4. The second-order valence-electron chi connectivity index (χ2n) is 2.99. The quantitative estimate of drug-likeness (QED) is 0.504. The summed E-state index contributed by atoms with van der Waals surface area (Å²) >= 11 is 0. The number of quaternary nitrogens is 1. The summed E-state index contributed by atoms with van der Waals surface area (Å²) in [5, 5.41) is 11.2. The maximum Gasteiger partial charge on any atom is 0.303 e. The molecule has 0 aromatic heterocycles. The number of amidine groups is 1. The number of benzene rings is 1. The van der Waals surface area contributed by atoms with Crippen LogP contribution < -0.4 is 5.84 Å². The summed E-state index contributed by atoms with van der Waals surface area (Å²) < 4.78 is -0.135. The number of hydrogen-bond donors (Lipinski definition) is 1. The average molecular weight is 176 g/mol. The molecule has 66 valence electrons. The third-order valence-electron chi connectivity index (χ3n) is 1.83. The Morgan fingerprint density at radius 1 is 1.23 bits per heavy atom. The molecule has 0 spiro atoms. The third-order valence-corrected chi connectivity index (χ3v) is 1.83. The summed E-state index contributed by atoms with van der Waals surface area (Å²) in [5.74, 6) is 6.45. The molecule has 1 atom stereocenters. The molecule has 1 aromatic carbocycles. The Labute approximate surface area is 75.7 Å². The summed E-state index contributed by atoms with van der Waals surface area (Å²) in [6.45, 7) is 0. The van der Waals surface area contributed by atoms with Crippen LogP contribution in [0.25, 0.3) is 0 Å². The molecule has 0 saturated heterocycles. The Morgan fingerprint density at radius 3 is 2.46 bits per heavy atom. The molecule has 2 N–H and O–H groups in total. The topological polar surface area (TPSA) is 63.1 Å². The van der Waals surface area contributed by atoms with Gasteiger partial charge in [-0.25, -0.2) is 0 Å². The summed E-state index contributed by atoms with van der Waals surface area (Å²) in [4.78, 5) is 0. The highest BCUT2D eigenvalue weighted by Gasteiger charge is 2.32. The average Bonchev–Trinajstić information content (AvgIpc) is 2.47. The Balaban J connectivity index is 2.40. The van der Waals surface area contributed by atoms with E-state index in [0.29, 0.717) is 5.84 Å². The van der Waals surface area contributed by atoms with Crippen molar-refractivity contribution >= 4 is 5.84 Å². The Kier molecular flexibility index (Phi) is 1.68. The van der Waals surface area contributed by atoms with Crippen LogP contribution in [-0.4, -0.2) is 17.6 Å². The minimum Gasteiger partial charge on any atom is -0.146 e. The fraction of sp³-hybridized carbons (Fsp3) is 0.125. The monoisotopic (exact) mass is 176 g/mol. The van der Waals surface area contributed by atoms with Crippen LogP contribution in [0.2, 0.25) is 0 Å². The van der Waals surface area contributed by atoms with Crippen molar-refractivity contribution in [3.63, 3.8) is 0 Å². The van der Waals surface area contributed by atoms with E-state index in [1.165, 1.54) is 0 Å². The van der Waals surface area contributed by atoms with Gasteiger partial charge in [-0.15, -0.1) is 5.84 Å². The first-order valence-corrected chi connectivity index (χ1v) is 3.91. The van der Waals surface area contributed by atoms with Crippen molar-refractivity contribution in [1.82, 2.24) is 0 Å². The van der Waals surface area contributed by atoms with Gasteiger partial charge in [-0.1, -0.05) is 28.0 Å². The second kappa shape index (κ2) is 2.72. The van der Waals surface area contributed by atoms with E-state index in [-0.39, 0.29) is 4.70 Å². The zero-order valence-corrected chi connectivity index (χ0v) is 7.25. The molecular weight excluding hydrogens is 166 g/mol. The lowest BCUT2D eigenvalue weighted by atomic mass is 10.2. The minimum absolute atomic E-state index is 0.135. The van der Waals surface area contributed by atoms with E-state index in [2.05, 4.69) is 15.5 Å². The summed E-state index contributed by atoms with van der Waals surface area (Å²) in [5.41, 5.74) is 0.942. The van der Waals surface area contributed by atoms with Gasteiger partial charge in [-0.05, 0) is 12.1 Å². The molecule has 1 aliphatic heterocycles. The van der Waals surface area contributed by atoms with Gasteiger partial charge in [-0.3, -0.25) is 0 Å². The molecule has 0 amide bonds. The van der Waals surface area contributed by atoms with Crippen LogP contribution in [-0.2, 0) is 0 Å². The third kappa shape index (κ3) is 1.34. The van der Waals surface area contributed by atoms with Gasteiger partial charge in [0.25, 0.3) is 0 Å². The molecule has 2 rings (SSSR count). The van der Waals surface area contributed by atoms with Crippen LogP contribution in [0, 0.1) is 0 Å². The molecule has 0 bridgehead atoms. The van der Waals surface area contributed by atoms with Crippen molar-refractivity contribution in [3.8, 4) is 0 Å². The van der Waals surface area contributed by atoms with Crippen molar-refractivity contribution in [2.75, 3.05) is 7.05 Å². The molecule has 1 aliphatic rings. The van der Waals surface area contributed by atoms with E-state index in [4.69, 9.17) is 5.84 Å². The zero-order valence-electron chi connectivity index (χ0n) is 7.25. The number of nitrogens with zero attached hydrogens (tertiary/aromatic N) is 4. The Hall–Kier alpha value is -1.59. The lowest BCUT2D eigenvalue weighted by Gasteiger charge is -2.14. The Morgan fingerprint density at radius 2 is 1.92 bits per heavy atom. The van der Waals surface area contributed by atoms with Crippen LogP contribution in [0.5, 0.6) is 0 Å². The van der Waals surface area contributed by atoms with Gasteiger partial charge >= 0.3 is 5.84 Å². The first-order valence-electron chi connectivity index (χ1n) is 3.91. The molecule has 1 heterocycles. The minimum atomic E-state index is -0.135. The maximum atomic E-state index is 5.80. The van der Waals surface area contributed by atoms with Crippen LogP contribution >= 0.6 is 0 Å². The van der Waals surface area contributed by atoms with Crippen LogP contribution in [0.4, 0.5) is 0 Å². The highest BCUT2D eigenvalue weighted by molar-refractivity contribution is 5.93. The maximum absolute atomic E-state index is 5.80. The molecule has 5 nitrogen and oxygen atoms in total. The van der Waals surface area contributed by atoms with Gasteiger partial charge in [0.2, 0.25) is 0 Å².